The molecule has 1 N–H and O–H groups in total. The van der Waals surface area contributed by atoms with Gasteiger partial charge in [0.15, 0.2) is 0 Å². The topological polar surface area (TPSA) is 29.1 Å². The van der Waals surface area contributed by atoms with Crippen LogP contribution in [0.15, 0.2) is 35.9 Å². The number of hydrogen-bond acceptors (Lipinski definition) is 1. The van der Waals surface area contributed by atoms with Crippen LogP contribution in [0.5, 0.6) is 0 Å². The average molecular weight is 217 g/mol. The molecule has 0 unspecified atom stereocenters. The molecule has 86 valence electrons. The minimum absolute atomic E-state index is 0.0619. The first-order chi connectivity index (χ1) is 7.50. The predicted molar refractivity (Wildman–Crippen MR) is 68.6 cm³/mol. The summed E-state index contributed by atoms with van der Waals surface area (Å²) in [6.07, 6.45) is 1.61. The third kappa shape index (κ3) is 3.54. The van der Waals surface area contributed by atoms with E-state index in [9.17, 15) is 4.79 Å². The molecule has 2 nitrogen and oxygen atoms in total. The summed E-state index contributed by atoms with van der Waals surface area (Å²) in [5, 5.41) is 2.91. The van der Waals surface area contributed by atoms with E-state index in [0.717, 1.165) is 16.8 Å². The van der Waals surface area contributed by atoms with Crippen molar-refractivity contribution in [2.75, 3.05) is 5.32 Å². The zero-order valence-electron chi connectivity index (χ0n) is 10.4. The van der Waals surface area contributed by atoms with Crippen molar-refractivity contribution >= 4 is 11.6 Å². The molecule has 0 aliphatic heterocycles. The Morgan fingerprint density at radius 2 is 1.88 bits per heavy atom. The lowest BCUT2D eigenvalue weighted by molar-refractivity contribution is -0.111. The number of allylic oxidation sites excluding steroid dienone is 1. The summed E-state index contributed by atoms with van der Waals surface area (Å²) in [5.41, 5.74) is 3.07. The van der Waals surface area contributed by atoms with E-state index in [-0.39, 0.29) is 5.91 Å². The highest BCUT2D eigenvalue weighted by Crippen LogP contribution is 2.23. The molecule has 0 spiro atoms. The fraction of sp³-hybridized carbons (Fsp3) is 0.357. The molecule has 0 atom stereocenters. The zero-order chi connectivity index (χ0) is 12.1. The van der Waals surface area contributed by atoms with Crippen molar-refractivity contribution in [2.24, 2.45) is 0 Å². The minimum atomic E-state index is -0.0619. The van der Waals surface area contributed by atoms with E-state index >= 15 is 0 Å². The quantitative estimate of drug-likeness (QED) is 0.768. The number of hydrogen-bond donors (Lipinski definition) is 1. The lowest BCUT2D eigenvalue weighted by Crippen LogP contribution is -2.10. The summed E-state index contributed by atoms with van der Waals surface area (Å²) in [7, 11) is 0. The van der Waals surface area contributed by atoms with Gasteiger partial charge in [-0.25, -0.2) is 0 Å². The van der Waals surface area contributed by atoms with Gasteiger partial charge < -0.3 is 5.32 Å². The molecule has 0 aliphatic rings. The number of anilines is 1. The number of para-hydroxylation sites is 1. The molecule has 1 aromatic rings. The molecule has 1 rings (SSSR count). The van der Waals surface area contributed by atoms with Crippen LogP contribution in [0.2, 0.25) is 0 Å². The van der Waals surface area contributed by atoms with Gasteiger partial charge in [-0.1, -0.05) is 37.6 Å². The Bertz CT molecular complexity index is 401. The van der Waals surface area contributed by atoms with E-state index in [1.807, 2.05) is 38.1 Å². The van der Waals surface area contributed by atoms with Crippen LogP contribution in [0.25, 0.3) is 0 Å². The summed E-state index contributed by atoms with van der Waals surface area (Å²) in [5.74, 6) is 0.344. The predicted octanol–water partition coefficient (Wildman–Crippen LogP) is 3.71. The van der Waals surface area contributed by atoms with Crippen molar-refractivity contribution in [3.8, 4) is 0 Å². The normalized spacial score (nSPS) is 10.1. The van der Waals surface area contributed by atoms with Crippen LogP contribution >= 0.6 is 0 Å². The monoisotopic (exact) mass is 217 g/mol. The molecular weight excluding hydrogens is 198 g/mol. The van der Waals surface area contributed by atoms with Crippen molar-refractivity contribution in [3.05, 3.63) is 41.5 Å². The van der Waals surface area contributed by atoms with Gasteiger partial charge in [0.25, 0.3) is 0 Å². The maximum Gasteiger partial charge on any atom is 0.248 e. The first kappa shape index (κ1) is 12.5. The van der Waals surface area contributed by atoms with Crippen LogP contribution in [0.1, 0.15) is 39.2 Å². The molecule has 2 heteroatoms. The fourth-order valence-electron chi connectivity index (χ4n) is 1.55. The molecule has 1 amide bonds. The highest BCUT2D eigenvalue weighted by atomic mass is 16.1. The van der Waals surface area contributed by atoms with Crippen LogP contribution in [0.4, 0.5) is 5.69 Å². The van der Waals surface area contributed by atoms with Crippen LogP contribution in [0.3, 0.4) is 0 Å². The summed E-state index contributed by atoms with van der Waals surface area (Å²) in [6.45, 7) is 8.06. The van der Waals surface area contributed by atoms with Gasteiger partial charge in [0, 0.05) is 11.8 Å². The van der Waals surface area contributed by atoms with Gasteiger partial charge in [-0.05, 0) is 31.4 Å². The number of benzene rings is 1. The van der Waals surface area contributed by atoms with Gasteiger partial charge in [-0.2, -0.15) is 0 Å². The maximum absolute atomic E-state index is 11.6. The molecule has 1 aromatic carbocycles. The molecular formula is C14H19NO. The third-order valence-corrected chi connectivity index (χ3v) is 2.26. The zero-order valence-corrected chi connectivity index (χ0v) is 10.4. The van der Waals surface area contributed by atoms with Gasteiger partial charge in [0.2, 0.25) is 5.91 Å². The Morgan fingerprint density at radius 1 is 1.25 bits per heavy atom. The summed E-state index contributed by atoms with van der Waals surface area (Å²) in [6, 6.07) is 7.91. The Labute approximate surface area is 97.4 Å². The number of rotatable bonds is 3. The first-order valence-electron chi connectivity index (χ1n) is 5.55. The maximum atomic E-state index is 11.6. The largest absolute Gasteiger partial charge is 0.322 e. The van der Waals surface area contributed by atoms with Crippen molar-refractivity contribution in [3.63, 3.8) is 0 Å². The number of carbonyl (C=O) groups excluding carboxylic acids is 1. The first-order valence-corrected chi connectivity index (χ1v) is 5.55. The van der Waals surface area contributed by atoms with Crippen LogP contribution < -0.4 is 5.32 Å². The Balaban J connectivity index is 2.89. The molecule has 16 heavy (non-hydrogen) atoms. The van der Waals surface area contributed by atoms with Gasteiger partial charge in [0.1, 0.15) is 0 Å². The van der Waals surface area contributed by atoms with Gasteiger partial charge >= 0.3 is 0 Å². The smallest absolute Gasteiger partial charge is 0.248 e. The molecule has 0 aromatic heterocycles. The lowest BCUT2D eigenvalue weighted by Gasteiger charge is -2.12. The van der Waals surface area contributed by atoms with Crippen LogP contribution in [-0.2, 0) is 4.79 Å². The number of nitrogens with one attached hydrogen (secondary N) is 1. The van der Waals surface area contributed by atoms with E-state index in [1.165, 1.54) is 0 Å². The molecule has 0 heterocycles. The van der Waals surface area contributed by atoms with Crippen molar-refractivity contribution < 1.29 is 4.79 Å². The second-order valence-electron chi connectivity index (χ2n) is 4.45. The highest BCUT2D eigenvalue weighted by molar-refractivity contribution is 6.00. The summed E-state index contributed by atoms with van der Waals surface area (Å²) in [4.78, 5) is 11.6. The minimum Gasteiger partial charge on any atom is -0.322 e. The van der Waals surface area contributed by atoms with Crippen molar-refractivity contribution in [1.29, 1.82) is 0 Å². The van der Waals surface area contributed by atoms with E-state index < -0.39 is 0 Å². The van der Waals surface area contributed by atoms with E-state index in [2.05, 4.69) is 19.2 Å². The molecule has 0 fully saturated rings. The molecule has 0 aliphatic carbocycles. The molecule has 0 bridgehead atoms. The van der Waals surface area contributed by atoms with E-state index in [0.29, 0.717) is 5.92 Å². The third-order valence-electron chi connectivity index (χ3n) is 2.26. The van der Waals surface area contributed by atoms with Gasteiger partial charge in [0.05, 0.1) is 0 Å². The second kappa shape index (κ2) is 5.50. The highest BCUT2D eigenvalue weighted by Gasteiger charge is 2.07. The van der Waals surface area contributed by atoms with E-state index in [1.54, 1.807) is 6.08 Å². The second-order valence-corrected chi connectivity index (χ2v) is 4.45. The van der Waals surface area contributed by atoms with Gasteiger partial charge in [-0.3, -0.25) is 4.79 Å². The van der Waals surface area contributed by atoms with Crippen molar-refractivity contribution in [1.82, 2.24) is 0 Å². The fourth-order valence-corrected chi connectivity index (χ4v) is 1.55. The molecule has 0 saturated heterocycles. The molecule has 0 radical (unpaired) electrons. The van der Waals surface area contributed by atoms with E-state index in [4.69, 9.17) is 0 Å². The Kier molecular flexibility index (Phi) is 4.29. The van der Waals surface area contributed by atoms with Gasteiger partial charge in [-0.15, -0.1) is 0 Å². The van der Waals surface area contributed by atoms with Crippen LogP contribution in [-0.4, -0.2) is 5.91 Å². The molecule has 0 saturated carbocycles. The Morgan fingerprint density at radius 3 is 2.44 bits per heavy atom. The lowest BCUT2D eigenvalue weighted by atomic mass is 10.0. The Hall–Kier alpha value is -1.57. The summed E-state index contributed by atoms with van der Waals surface area (Å²) >= 11 is 0. The summed E-state index contributed by atoms with van der Waals surface area (Å²) < 4.78 is 0. The number of amides is 1. The standard InChI is InChI=1S/C14H19NO/c1-10(2)9-14(16)15-13-8-6-5-7-12(13)11(3)4/h5-9,11H,1-4H3,(H,15,16). The SMILES string of the molecule is CC(C)=CC(=O)Nc1ccccc1C(C)C. The average Bonchev–Trinajstić information content (AvgIpc) is 2.16. The van der Waals surface area contributed by atoms with Crippen LogP contribution in [0, 0.1) is 0 Å². The number of carbonyl (C=O) groups is 1. The van der Waals surface area contributed by atoms with Crippen molar-refractivity contribution in [2.45, 2.75) is 33.6 Å².